The van der Waals surface area contributed by atoms with E-state index in [1.165, 1.54) is 6.07 Å². The third-order valence-corrected chi connectivity index (χ3v) is 3.33. The number of carbonyl (C=O) groups is 1. The van der Waals surface area contributed by atoms with Gasteiger partial charge in [0.1, 0.15) is 0 Å². The summed E-state index contributed by atoms with van der Waals surface area (Å²) < 4.78 is 10.4. The first-order valence-corrected chi connectivity index (χ1v) is 6.44. The van der Waals surface area contributed by atoms with E-state index in [1.54, 1.807) is 32.9 Å². The number of rotatable bonds is 1. The molecule has 0 saturated carbocycles. The van der Waals surface area contributed by atoms with Gasteiger partial charge in [-0.15, -0.1) is 0 Å². The fraction of sp³-hybridized carbons (Fsp3) is 0.357. The molecule has 1 aromatic rings. The lowest BCUT2D eigenvalue weighted by Crippen LogP contribution is -2.34. The molecule has 110 valence electrons. The molecule has 3 rings (SSSR count). The van der Waals surface area contributed by atoms with Crippen molar-refractivity contribution < 1.29 is 24.0 Å². The van der Waals surface area contributed by atoms with E-state index in [2.05, 4.69) is 0 Å². The first kappa shape index (κ1) is 13.4. The van der Waals surface area contributed by atoms with Crippen molar-refractivity contribution in [2.24, 2.45) is 5.41 Å². The predicted octanol–water partition coefficient (Wildman–Crippen LogP) is 1.21. The number of Topliss-reactive ketones (excluding diaryl/α,β-unsaturated/α-hetero) is 1. The Hall–Kier alpha value is -2.57. The first-order valence-electron chi connectivity index (χ1n) is 6.44. The number of ether oxygens (including phenoxy) is 2. The van der Waals surface area contributed by atoms with Crippen LogP contribution < -0.4 is 9.47 Å². The lowest BCUT2D eigenvalue weighted by Gasteiger charge is -2.11. The summed E-state index contributed by atoms with van der Waals surface area (Å²) in [5.41, 5.74) is -0.669. The fourth-order valence-corrected chi connectivity index (χ4v) is 2.38. The smallest absolute Gasteiger partial charge is 0.348 e. The van der Waals surface area contributed by atoms with Crippen molar-refractivity contribution in [3.63, 3.8) is 0 Å². The van der Waals surface area contributed by atoms with Crippen molar-refractivity contribution in [1.29, 1.82) is 0 Å². The maximum absolute atomic E-state index is 12.4. The van der Waals surface area contributed by atoms with Crippen LogP contribution >= 0.6 is 0 Å². The van der Waals surface area contributed by atoms with E-state index in [0.29, 0.717) is 17.1 Å². The van der Waals surface area contributed by atoms with Crippen LogP contribution in [0, 0.1) is 15.8 Å². The molecule has 21 heavy (non-hydrogen) atoms. The summed E-state index contributed by atoms with van der Waals surface area (Å²) in [7, 11) is 0. The minimum Gasteiger partial charge on any atom is -0.561 e. The maximum Gasteiger partial charge on any atom is 0.348 e. The van der Waals surface area contributed by atoms with Gasteiger partial charge < -0.3 is 19.9 Å². The number of hydrazone groups is 2. The van der Waals surface area contributed by atoms with Gasteiger partial charge in [-0.25, -0.2) is 0 Å². The van der Waals surface area contributed by atoms with E-state index < -0.39 is 11.2 Å². The van der Waals surface area contributed by atoms with Crippen LogP contribution in [0.15, 0.2) is 18.2 Å². The Morgan fingerprint density at radius 1 is 1.10 bits per heavy atom. The van der Waals surface area contributed by atoms with Gasteiger partial charge in [-0.05, 0) is 39.0 Å². The molecule has 0 bridgehead atoms. The Labute approximate surface area is 120 Å². The van der Waals surface area contributed by atoms with Crippen molar-refractivity contribution in [2.45, 2.75) is 20.8 Å². The van der Waals surface area contributed by atoms with Crippen molar-refractivity contribution in [1.82, 2.24) is 0 Å². The van der Waals surface area contributed by atoms with Gasteiger partial charge in [0.2, 0.25) is 6.79 Å². The van der Waals surface area contributed by atoms with Crippen LogP contribution in [0.4, 0.5) is 0 Å². The number of carbonyl (C=O) groups excluding carboxylic acids is 1. The summed E-state index contributed by atoms with van der Waals surface area (Å²) in [6.45, 7) is 5.22. The largest absolute Gasteiger partial charge is 0.561 e. The van der Waals surface area contributed by atoms with Gasteiger partial charge in [0.05, 0.1) is 20.7 Å². The van der Waals surface area contributed by atoms with E-state index >= 15 is 0 Å². The molecule has 0 amide bonds. The number of benzene rings is 1. The zero-order chi connectivity index (χ0) is 15.4. The zero-order valence-corrected chi connectivity index (χ0v) is 11.9. The predicted molar refractivity (Wildman–Crippen MR) is 73.4 cm³/mol. The second-order valence-corrected chi connectivity index (χ2v) is 5.89. The molecule has 0 aromatic heterocycles. The van der Waals surface area contributed by atoms with E-state index in [4.69, 9.17) is 9.47 Å². The van der Waals surface area contributed by atoms with Gasteiger partial charge >= 0.3 is 17.2 Å². The standard InChI is InChI=1S/C14H14N2O5/c1-14(2,3)13-12(17)11(15(18)16(13)19)8-4-5-9-10(6-8)21-7-20-9/h4-6H,7H2,1-3H3. The molecule has 0 atom stereocenters. The van der Waals surface area contributed by atoms with Crippen molar-refractivity contribution in [2.75, 3.05) is 6.79 Å². The quantitative estimate of drug-likeness (QED) is 0.573. The summed E-state index contributed by atoms with van der Waals surface area (Å²) in [5.74, 6) is 0.426. The van der Waals surface area contributed by atoms with Crippen molar-refractivity contribution in [3.8, 4) is 11.5 Å². The van der Waals surface area contributed by atoms with Crippen molar-refractivity contribution in [3.05, 3.63) is 34.2 Å². The molecule has 2 aliphatic heterocycles. The Morgan fingerprint density at radius 2 is 1.76 bits per heavy atom. The molecule has 0 aliphatic carbocycles. The van der Waals surface area contributed by atoms with Crippen LogP contribution in [0.2, 0.25) is 0 Å². The molecule has 2 heterocycles. The SMILES string of the molecule is CC(C)(C)C1=[N+]([O-])[N+]([O-])=C(c2ccc3c(c2)OCO3)C1=O. The minimum atomic E-state index is -0.723. The van der Waals surface area contributed by atoms with Crippen molar-refractivity contribution >= 4 is 17.2 Å². The van der Waals surface area contributed by atoms with Crippen LogP contribution in [-0.4, -0.2) is 33.7 Å². The molecular weight excluding hydrogens is 276 g/mol. The van der Waals surface area contributed by atoms with Crippen LogP contribution in [-0.2, 0) is 4.79 Å². The molecule has 0 unspecified atom stereocenters. The normalized spacial score (nSPS) is 18.0. The molecule has 0 radical (unpaired) electrons. The van der Waals surface area contributed by atoms with Gasteiger partial charge in [-0.3, -0.25) is 4.79 Å². The highest BCUT2D eigenvalue weighted by molar-refractivity contribution is 6.68. The summed E-state index contributed by atoms with van der Waals surface area (Å²) in [6, 6.07) is 4.70. The van der Waals surface area contributed by atoms with Gasteiger partial charge in [-0.2, -0.15) is 0 Å². The fourth-order valence-electron chi connectivity index (χ4n) is 2.38. The molecule has 0 N–H and O–H groups in total. The second kappa shape index (κ2) is 4.21. The molecule has 0 fully saturated rings. The molecule has 7 nitrogen and oxygen atoms in total. The average molecular weight is 290 g/mol. The number of hydrogen-bond acceptors (Lipinski definition) is 5. The first-order chi connectivity index (χ1) is 9.80. The lowest BCUT2D eigenvalue weighted by atomic mass is 9.85. The molecule has 7 heteroatoms. The Balaban J connectivity index is 2.07. The van der Waals surface area contributed by atoms with E-state index in [-0.39, 0.29) is 27.9 Å². The number of fused-ring (bicyclic) bond motifs is 1. The molecule has 1 aromatic carbocycles. The van der Waals surface area contributed by atoms with Gasteiger partial charge in [-0.1, -0.05) is 0 Å². The van der Waals surface area contributed by atoms with E-state index in [1.807, 2.05) is 0 Å². The monoisotopic (exact) mass is 290 g/mol. The van der Waals surface area contributed by atoms with Gasteiger partial charge in [0.25, 0.3) is 0 Å². The van der Waals surface area contributed by atoms with E-state index in [0.717, 1.165) is 0 Å². The average Bonchev–Trinajstić information content (AvgIpc) is 2.92. The summed E-state index contributed by atoms with van der Waals surface area (Å²) in [5, 5.41) is 24.0. The maximum atomic E-state index is 12.4. The van der Waals surface area contributed by atoms with Crippen LogP contribution in [0.25, 0.3) is 0 Å². The summed E-state index contributed by atoms with van der Waals surface area (Å²) >= 11 is 0. The van der Waals surface area contributed by atoms with Crippen LogP contribution in [0.3, 0.4) is 0 Å². The third kappa shape index (κ3) is 1.93. The van der Waals surface area contributed by atoms with E-state index in [9.17, 15) is 15.2 Å². The number of hydrogen-bond donors (Lipinski definition) is 0. The summed E-state index contributed by atoms with van der Waals surface area (Å²) in [6.07, 6.45) is 0. The highest BCUT2D eigenvalue weighted by Gasteiger charge is 2.50. The molecule has 2 aliphatic rings. The second-order valence-electron chi connectivity index (χ2n) is 5.89. The lowest BCUT2D eigenvalue weighted by molar-refractivity contribution is -1.05. The Morgan fingerprint density at radius 3 is 2.38 bits per heavy atom. The topological polar surface area (TPSA) is 87.7 Å². The highest BCUT2D eigenvalue weighted by Crippen LogP contribution is 2.33. The van der Waals surface area contributed by atoms with Gasteiger partial charge in [0, 0.05) is 0 Å². The van der Waals surface area contributed by atoms with Crippen LogP contribution in [0.5, 0.6) is 11.5 Å². The number of nitrogens with zero attached hydrogens (tertiary/aromatic N) is 2. The highest BCUT2D eigenvalue weighted by atomic mass is 16.7. The third-order valence-electron chi connectivity index (χ3n) is 3.33. The minimum absolute atomic E-state index is 0.0785. The van der Waals surface area contributed by atoms with Gasteiger partial charge in [0.15, 0.2) is 11.5 Å². The Bertz CT molecular complexity index is 713. The number of hydrazine groups is 1. The molecular formula is C14H14N2O5. The molecule has 0 saturated heterocycles. The van der Waals surface area contributed by atoms with Crippen LogP contribution in [0.1, 0.15) is 26.3 Å². The summed E-state index contributed by atoms with van der Waals surface area (Å²) in [4.78, 5) is 12.6. The zero-order valence-electron chi connectivity index (χ0n) is 11.9. The Kier molecular flexibility index (Phi) is 2.69. The molecule has 0 spiro atoms. The number of ketones is 1.